The van der Waals surface area contributed by atoms with Gasteiger partial charge in [0.25, 0.3) is 17.4 Å². The van der Waals surface area contributed by atoms with Crippen LogP contribution in [0.15, 0.2) is 59.4 Å². The van der Waals surface area contributed by atoms with Crippen molar-refractivity contribution in [2.75, 3.05) is 32.7 Å². The van der Waals surface area contributed by atoms with E-state index in [4.69, 9.17) is 20.2 Å². The third-order valence-electron chi connectivity index (χ3n) is 15.2. The molecule has 0 unspecified atom stereocenters. The third kappa shape index (κ3) is 13.9. The number of fused-ring (bicyclic) bond motifs is 5. The van der Waals surface area contributed by atoms with E-state index >= 15 is 4.39 Å². The molecule has 85 heavy (non-hydrogen) atoms. The van der Waals surface area contributed by atoms with Crippen LogP contribution in [-0.4, -0.2) is 140 Å². The van der Waals surface area contributed by atoms with Gasteiger partial charge in [0, 0.05) is 73.5 Å². The molecule has 3 aliphatic heterocycles. The number of primary amides is 1. The average molecular weight is 1180 g/mol. The summed E-state index contributed by atoms with van der Waals surface area (Å²) < 4.78 is 27.5. The predicted molar refractivity (Wildman–Crippen MR) is 299 cm³/mol. The molecule has 0 radical (unpaired) electrons. The van der Waals surface area contributed by atoms with Gasteiger partial charge in [-0.3, -0.25) is 57.6 Å². The van der Waals surface area contributed by atoms with Gasteiger partial charge in [-0.15, -0.1) is 0 Å². The summed E-state index contributed by atoms with van der Waals surface area (Å²) in [5, 5.41) is 25.0. The fraction of sp³-hybridized carbons (Fsp3) is 0.441. The van der Waals surface area contributed by atoms with Gasteiger partial charge in [0.1, 0.15) is 30.1 Å². The third-order valence-corrected chi connectivity index (χ3v) is 15.2. The second kappa shape index (κ2) is 25.7. The highest BCUT2D eigenvalue weighted by Crippen LogP contribution is 2.46. The van der Waals surface area contributed by atoms with Crippen LogP contribution in [0.1, 0.15) is 118 Å². The Hall–Kier alpha value is -9.20. The van der Waals surface area contributed by atoms with Crippen molar-refractivity contribution in [3.8, 4) is 11.4 Å². The molecule has 0 saturated carbocycles. The zero-order valence-corrected chi connectivity index (χ0v) is 47.6. The number of aliphatic hydroxyl groups is 1. The molecule has 0 saturated heterocycles. The molecule has 2 aromatic heterocycles. The highest BCUT2D eigenvalue weighted by molar-refractivity contribution is 6.15. The first-order valence-corrected chi connectivity index (χ1v) is 27.9. The smallest absolute Gasteiger partial charge is 0.343 e. The van der Waals surface area contributed by atoms with Crippen LogP contribution in [0, 0.1) is 12.7 Å². The van der Waals surface area contributed by atoms with Crippen LogP contribution < -0.4 is 37.9 Å². The fourth-order valence-corrected chi connectivity index (χ4v) is 11.0. The van der Waals surface area contributed by atoms with Gasteiger partial charge in [-0.1, -0.05) is 37.3 Å². The van der Waals surface area contributed by atoms with E-state index in [-0.39, 0.29) is 87.8 Å². The van der Waals surface area contributed by atoms with E-state index < -0.39 is 125 Å². The number of aromatic nitrogens is 2. The number of nitrogens with one attached hydrogen (secondary N) is 5. The Bertz CT molecular complexity index is 3510. The number of nitrogens with zero attached hydrogens (tertiary/aromatic N) is 4. The fourth-order valence-electron chi connectivity index (χ4n) is 11.0. The first kappa shape index (κ1) is 61.9. The topological polar surface area (TPSA) is 354 Å². The zero-order chi connectivity index (χ0) is 61.7. The minimum Gasteiger partial charge on any atom is -0.460 e. The highest BCUT2D eigenvalue weighted by atomic mass is 19.1. The van der Waals surface area contributed by atoms with Crippen LogP contribution >= 0.6 is 0 Å². The van der Waals surface area contributed by atoms with Crippen LogP contribution in [0.25, 0.3) is 22.3 Å². The molecule has 26 heteroatoms. The number of hydrogen-bond acceptors (Lipinski definition) is 16. The Morgan fingerprint density at radius 1 is 0.906 bits per heavy atom. The van der Waals surface area contributed by atoms with Crippen molar-refractivity contribution in [2.24, 2.45) is 5.73 Å². The summed E-state index contributed by atoms with van der Waals surface area (Å²) in [5.41, 5.74) is 6.35. The Balaban J connectivity index is 0.871. The number of ether oxygens (including phenoxy) is 2. The number of rotatable bonds is 24. The summed E-state index contributed by atoms with van der Waals surface area (Å²) >= 11 is 0. The summed E-state index contributed by atoms with van der Waals surface area (Å²) in [6.45, 7) is 5.61. The summed E-state index contributed by atoms with van der Waals surface area (Å²) in [5.74, 6) is -8.71. The van der Waals surface area contributed by atoms with Gasteiger partial charge < -0.3 is 56.4 Å². The predicted octanol–water partition coefficient (Wildman–Crippen LogP) is 0.606. The molecular weight excluding hydrogens is 1110 g/mol. The van der Waals surface area contributed by atoms with Crippen LogP contribution in [0.3, 0.4) is 0 Å². The van der Waals surface area contributed by atoms with Gasteiger partial charge >= 0.3 is 11.9 Å². The van der Waals surface area contributed by atoms with E-state index in [1.165, 1.54) is 10.6 Å². The first-order chi connectivity index (χ1) is 40.3. The molecule has 0 fully saturated rings. The Morgan fingerprint density at radius 2 is 1.60 bits per heavy atom. The number of hydrogen-bond donors (Lipinski definition) is 7. The minimum absolute atomic E-state index is 0.0186. The molecule has 25 nitrogen and oxygen atoms in total. The highest BCUT2D eigenvalue weighted by Gasteiger charge is 2.46. The number of aryl methyl sites for hydroxylation is 1. The van der Waals surface area contributed by atoms with Gasteiger partial charge in [0.15, 0.2) is 5.60 Å². The van der Waals surface area contributed by atoms with E-state index in [0.29, 0.717) is 62.3 Å². The maximum atomic E-state index is 15.5. The summed E-state index contributed by atoms with van der Waals surface area (Å²) in [7, 11) is 0. The average Bonchev–Trinajstić information content (AvgIpc) is 1.88. The number of cyclic esters (lactones) is 1. The number of carbonyl (C=O) groups is 11. The molecule has 1 aliphatic carbocycles. The van der Waals surface area contributed by atoms with Gasteiger partial charge in [-0.25, -0.2) is 14.2 Å². The van der Waals surface area contributed by atoms with Gasteiger partial charge in [0.2, 0.25) is 41.4 Å². The van der Waals surface area contributed by atoms with Crippen molar-refractivity contribution < 1.29 is 71.7 Å². The van der Waals surface area contributed by atoms with Crippen molar-refractivity contribution >= 4 is 76.0 Å². The largest absolute Gasteiger partial charge is 0.460 e. The first-order valence-electron chi connectivity index (χ1n) is 27.9. The molecule has 4 aromatic rings. The second-order valence-electron chi connectivity index (χ2n) is 22.2. The summed E-state index contributed by atoms with van der Waals surface area (Å²) in [4.78, 5) is 164. The molecule has 450 valence electrons. The van der Waals surface area contributed by atoms with E-state index in [1.54, 1.807) is 71.0 Å². The van der Waals surface area contributed by atoms with Gasteiger partial charge in [0.05, 0.1) is 54.7 Å². The number of halogens is 1. The van der Waals surface area contributed by atoms with Crippen molar-refractivity contribution in [1.82, 2.24) is 45.9 Å². The Kier molecular flexibility index (Phi) is 18.7. The van der Waals surface area contributed by atoms with Gasteiger partial charge in [-0.05, 0) is 88.1 Å². The van der Waals surface area contributed by atoms with E-state index in [9.17, 15) is 62.6 Å². The monoisotopic (exact) mass is 1170 g/mol. The lowest BCUT2D eigenvalue weighted by Crippen LogP contribution is -2.53. The summed E-state index contributed by atoms with van der Waals surface area (Å²) in [6.07, 6.45) is 1.53. The zero-order valence-electron chi connectivity index (χ0n) is 47.6. The second-order valence-corrected chi connectivity index (χ2v) is 22.2. The normalized spacial score (nSPS) is 17.2. The lowest BCUT2D eigenvalue weighted by molar-refractivity contribution is -0.172. The molecule has 0 bridgehead atoms. The van der Waals surface area contributed by atoms with Gasteiger partial charge in [-0.2, -0.15) is 0 Å². The quantitative estimate of drug-likeness (QED) is 0.0329. The standard InChI is InChI=1S/C59H67FN10O15/c1-6-59(83)36-24-42-53-34(28-69(42)55(80)35(36)30-84-57(59)82)52-38(15-14-33-31(2)37(60)25-39(67-53)51(33)52)65-45(73)13-10-22-68(29-43(61)71)56(81)40(23-32-11-8-7-9-12-32)66-47(75)27-64-46(74)26-63-44(72)20-21-62-54(79)41(70-48(76)17-18-49(70)77)16-19-50(78)85-58(3,4)5/h7-9,11-12,17-18,24-25,38,40-41,83H,6,10,13-16,19-23,26-30H2,1-5H3,(H2,61,71)(H,62,79)(H,63,72)(H,64,74)(H,65,73)(H,66,75)/t38-,40-,41-,59-/m0/s1. The number of nitrogens with two attached hydrogens (primary N) is 1. The van der Waals surface area contributed by atoms with Crippen LogP contribution in [-0.2, 0) is 93.8 Å². The summed E-state index contributed by atoms with van der Waals surface area (Å²) in [6, 6.07) is 8.12. The SMILES string of the molecule is CC[C@@]1(O)C(=O)OCc2c1cc1n(c2=O)Cc2c-1nc1cc(F)c(C)c3c1c2[C@@H](NC(=O)CCCN(CC(N)=O)C(=O)[C@H](Cc1ccccc1)NC(=O)CNC(=O)CNC(=O)CCNC(=O)[C@H](CCC(=O)OC(C)(C)C)N1C(=O)C=CC1=O)CC3. The van der Waals surface area contributed by atoms with E-state index in [2.05, 4.69) is 26.6 Å². The van der Waals surface area contributed by atoms with Crippen molar-refractivity contribution in [3.05, 3.63) is 110 Å². The molecule has 8 N–H and O–H groups in total. The van der Waals surface area contributed by atoms with Crippen molar-refractivity contribution in [1.29, 1.82) is 0 Å². The molecule has 0 spiro atoms. The van der Waals surface area contributed by atoms with E-state index in [1.807, 2.05) is 0 Å². The Morgan fingerprint density at radius 3 is 2.28 bits per heavy atom. The van der Waals surface area contributed by atoms with Crippen LogP contribution in [0.2, 0.25) is 0 Å². The van der Waals surface area contributed by atoms with Crippen LogP contribution in [0.4, 0.5) is 4.39 Å². The number of pyridine rings is 2. The Labute approximate surface area is 486 Å². The van der Waals surface area contributed by atoms with Crippen LogP contribution in [0.5, 0.6) is 0 Å². The molecule has 2 aromatic carbocycles. The number of carbonyl (C=O) groups excluding carboxylic acids is 11. The lowest BCUT2D eigenvalue weighted by Gasteiger charge is -2.31. The molecule has 8 rings (SSSR count). The lowest BCUT2D eigenvalue weighted by atomic mass is 9.81. The maximum Gasteiger partial charge on any atom is 0.343 e. The molecule has 4 aliphatic rings. The number of benzene rings is 2. The maximum absolute atomic E-state index is 15.5. The number of imide groups is 1. The number of amides is 9. The molecular formula is C59H67FN10O15. The number of esters is 2. The molecule has 4 atom stereocenters. The molecule has 5 heterocycles. The van der Waals surface area contributed by atoms with E-state index in [0.717, 1.165) is 17.1 Å². The molecule has 9 amide bonds. The van der Waals surface area contributed by atoms with Crippen molar-refractivity contribution in [3.63, 3.8) is 0 Å². The van der Waals surface area contributed by atoms with Crippen molar-refractivity contribution in [2.45, 2.75) is 135 Å². The minimum atomic E-state index is -2.08.